The average molecular weight is 241 g/mol. The third-order valence-electron chi connectivity index (χ3n) is 0. The Bertz CT molecular complexity index is 10.9. The maximum absolute atomic E-state index is 0. The summed E-state index contributed by atoms with van der Waals surface area (Å²) in [5.41, 5.74) is 0. The van der Waals surface area contributed by atoms with Crippen molar-refractivity contribution in [2.45, 2.75) is 0 Å². The Morgan fingerprint density at radius 3 is 0.429 bits per heavy atom. The van der Waals surface area contributed by atoms with Gasteiger partial charge in [0.25, 0.3) is 0 Å². The van der Waals surface area contributed by atoms with E-state index >= 15 is 0 Å². The van der Waals surface area contributed by atoms with Crippen molar-refractivity contribution in [3.05, 3.63) is 0 Å². The van der Waals surface area contributed by atoms with Crippen LogP contribution < -0.4 is 0 Å². The molecule has 0 bridgehead atoms. The summed E-state index contributed by atoms with van der Waals surface area (Å²) in [5, 5.41) is 0. The molecule has 0 aromatic carbocycles. The van der Waals surface area contributed by atoms with Gasteiger partial charge in [-0.1, -0.05) is 0 Å². The SMILES string of the molecule is [Al].[Al].[Ga+3].[Ga+3].[O-2].[O-2].[O-2]. The summed E-state index contributed by atoms with van der Waals surface area (Å²) in [6.07, 6.45) is 0. The normalized spacial score (nSPS) is 0. The Morgan fingerprint density at radius 2 is 0.429 bits per heavy atom. The molecule has 0 aliphatic carbocycles. The number of rotatable bonds is 0. The molecule has 3 nitrogen and oxygen atoms in total. The zero-order chi connectivity index (χ0) is 0. The molecule has 0 unspecified atom stereocenters. The molecule has 0 saturated carbocycles. The number of hydrogen-bond acceptors (Lipinski definition) is 0. The van der Waals surface area contributed by atoms with Crippen LogP contribution in [0.25, 0.3) is 0 Å². The van der Waals surface area contributed by atoms with Crippen LogP contribution >= 0.6 is 0 Å². The predicted molar refractivity (Wildman–Crippen MR) is 25.1 cm³/mol. The first-order chi connectivity index (χ1) is 0. The van der Waals surface area contributed by atoms with Crippen LogP contribution in [0.5, 0.6) is 0 Å². The molecule has 0 aromatic heterocycles. The molecule has 0 aromatic rings. The van der Waals surface area contributed by atoms with E-state index < -0.39 is 0 Å². The van der Waals surface area contributed by atoms with E-state index in [2.05, 4.69) is 0 Å². The molecule has 0 heterocycles. The van der Waals surface area contributed by atoms with Crippen molar-refractivity contribution in [2.75, 3.05) is 0 Å². The van der Waals surface area contributed by atoms with E-state index in [1.165, 1.54) is 0 Å². The molecule has 7 heavy (non-hydrogen) atoms. The van der Waals surface area contributed by atoms with Gasteiger partial charge in [-0.15, -0.1) is 0 Å². The van der Waals surface area contributed by atoms with Crippen molar-refractivity contribution in [3.8, 4) is 0 Å². The second kappa shape index (κ2) is 87.0. The largest absolute Gasteiger partial charge is 3.00 e. The van der Waals surface area contributed by atoms with Crippen molar-refractivity contribution >= 4 is 74.3 Å². The van der Waals surface area contributed by atoms with Crippen LogP contribution in [0, 0.1) is 0 Å². The fourth-order valence-corrected chi connectivity index (χ4v) is 0. The van der Waals surface area contributed by atoms with Crippen molar-refractivity contribution in [2.24, 2.45) is 0 Å². The molecule has 30 valence electrons. The van der Waals surface area contributed by atoms with Crippen LogP contribution in [-0.4, -0.2) is 74.3 Å². The third-order valence-corrected chi connectivity index (χ3v) is 0. The minimum absolute atomic E-state index is 0. The summed E-state index contributed by atoms with van der Waals surface area (Å²) < 4.78 is 0. The standard InChI is InChI=1S/2Al.2Ga.3O/q;;2*+3;3*-2. The Balaban J connectivity index is 0. The average Bonchev–Trinajstić information content (AvgIpc) is 0. The monoisotopic (exact) mass is 240 g/mol. The van der Waals surface area contributed by atoms with E-state index in [-0.39, 0.29) is 90.7 Å². The van der Waals surface area contributed by atoms with Gasteiger partial charge >= 0.3 is 39.6 Å². The van der Waals surface area contributed by atoms with Crippen LogP contribution in [0.2, 0.25) is 0 Å². The Labute approximate surface area is 89.9 Å². The molecule has 0 amide bonds. The molecule has 0 rings (SSSR count). The van der Waals surface area contributed by atoms with Crippen LogP contribution in [0.4, 0.5) is 0 Å². The fourth-order valence-electron chi connectivity index (χ4n) is 0. The van der Waals surface area contributed by atoms with E-state index in [1.54, 1.807) is 0 Å². The quantitative estimate of drug-likeness (QED) is 0.445. The smallest absolute Gasteiger partial charge is 2.00 e. The molecule has 0 saturated heterocycles. The van der Waals surface area contributed by atoms with Crippen LogP contribution in [0.15, 0.2) is 0 Å². The van der Waals surface area contributed by atoms with Crippen molar-refractivity contribution in [1.82, 2.24) is 0 Å². The Hall–Kier alpha value is 2.22. The van der Waals surface area contributed by atoms with Crippen LogP contribution in [0.3, 0.4) is 0 Å². The summed E-state index contributed by atoms with van der Waals surface area (Å²) in [6, 6.07) is 0. The third kappa shape index (κ3) is 64.6. The minimum Gasteiger partial charge on any atom is -2.00 e. The second-order valence-electron chi connectivity index (χ2n) is 0. The molecule has 0 spiro atoms. The molecule has 0 N–H and O–H groups in total. The topological polar surface area (TPSA) is 85.5 Å². The minimum atomic E-state index is 0. The second-order valence-corrected chi connectivity index (χ2v) is 0. The zero-order valence-electron chi connectivity index (χ0n) is 3.53. The van der Waals surface area contributed by atoms with Crippen LogP contribution in [0.1, 0.15) is 0 Å². The van der Waals surface area contributed by atoms with Gasteiger partial charge in [-0.25, -0.2) is 0 Å². The first-order valence-electron chi connectivity index (χ1n) is 0. The van der Waals surface area contributed by atoms with Gasteiger partial charge in [0.15, 0.2) is 0 Å². The van der Waals surface area contributed by atoms with E-state index in [9.17, 15) is 0 Å². The van der Waals surface area contributed by atoms with Gasteiger partial charge in [-0.05, 0) is 0 Å². The van der Waals surface area contributed by atoms with E-state index in [0.717, 1.165) is 0 Å². The zero-order valence-corrected chi connectivity index (χ0v) is 10.7. The predicted octanol–water partition coefficient (Wildman–Crippen LogP) is -1.88. The molecule has 7 heteroatoms. The molecule has 0 aliphatic heterocycles. The summed E-state index contributed by atoms with van der Waals surface area (Å²) in [7, 11) is 0. The summed E-state index contributed by atoms with van der Waals surface area (Å²) in [4.78, 5) is 0. The maximum atomic E-state index is 0. The van der Waals surface area contributed by atoms with Crippen molar-refractivity contribution < 1.29 is 16.4 Å². The van der Waals surface area contributed by atoms with E-state index in [0.29, 0.717) is 0 Å². The van der Waals surface area contributed by atoms with Gasteiger partial charge < -0.3 is 16.4 Å². The van der Waals surface area contributed by atoms with Crippen molar-refractivity contribution in [3.63, 3.8) is 0 Å². The van der Waals surface area contributed by atoms with Gasteiger partial charge in [0, 0.05) is 34.7 Å². The summed E-state index contributed by atoms with van der Waals surface area (Å²) >= 11 is 0. The molecular weight excluding hydrogens is 241 g/mol. The molecule has 0 aliphatic rings. The fraction of sp³-hybridized carbons (Fsp3) is 0. The van der Waals surface area contributed by atoms with E-state index in [4.69, 9.17) is 0 Å². The molecule has 0 fully saturated rings. The van der Waals surface area contributed by atoms with Gasteiger partial charge in [-0.3, -0.25) is 0 Å². The van der Waals surface area contributed by atoms with Gasteiger partial charge in [0.1, 0.15) is 0 Å². The summed E-state index contributed by atoms with van der Waals surface area (Å²) in [5.74, 6) is 0. The molecule has 0 atom stereocenters. The summed E-state index contributed by atoms with van der Waals surface area (Å²) in [6.45, 7) is 0. The van der Waals surface area contributed by atoms with Gasteiger partial charge in [0.05, 0.1) is 0 Å². The first kappa shape index (κ1) is 127. The Morgan fingerprint density at radius 1 is 0.429 bits per heavy atom. The molecule has 6 radical (unpaired) electrons. The maximum Gasteiger partial charge on any atom is 3.00 e. The van der Waals surface area contributed by atoms with Crippen LogP contribution in [-0.2, 0) is 16.4 Å². The molecular formula is Al2Ga2O3. The van der Waals surface area contributed by atoms with E-state index in [1.807, 2.05) is 0 Å². The van der Waals surface area contributed by atoms with Crippen molar-refractivity contribution in [1.29, 1.82) is 0 Å². The van der Waals surface area contributed by atoms with Gasteiger partial charge in [-0.2, -0.15) is 0 Å². The number of hydrogen-bond donors (Lipinski definition) is 0. The Kier molecular flexibility index (Phi) is 1570. The first-order valence-corrected chi connectivity index (χ1v) is 0. The van der Waals surface area contributed by atoms with Gasteiger partial charge in [0.2, 0.25) is 0 Å².